The molecule has 1 amide bonds. The number of rotatable bonds is 4. The first-order valence-electron chi connectivity index (χ1n) is 10.9. The van der Waals surface area contributed by atoms with Gasteiger partial charge in [0, 0.05) is 36.0 Å². The Hall–Kier alpha value is -2.50. The van der Waals surface area contributed by atoms with Crippen LogP contribution in [0.3, 0.4) is 0 Å². The lowest BCUT2D eigenvalue weighted by Gasteiger charge is -2.32. The molecule has 0 radical (unpaired) electrons. The molecule has 29 heavy (non-hydrogen) atoms. The first-order valence-corrected chi connectivity index (χ1v) is 10.9. The van der Waals surface area contributed by atoms with Crippen LogP contribution < -0.4 is 10.9 Å². The largest absolute Gasteiger partial charge is 0.353 e. The van der Waals surface area contributed by atoms with Crippen molar-refractivity contribution in [3.05, 3.63) is 47.0 Å². The van der Waals surface area contributed by atoms with E-state index >= 15 is 0 Å². The van der Waals surface area contributed by atoms with Crippen LogP contribution in [0.15, 0.2) is 41.5 Å². The van der Waals surface area contributed by atoms with Crippen molar-refractivity contribution in [1.29, 1.82) is 0 Å². The number of hydrogen-bond acceptors (Lipinski definition) is 4. The molecule has 0 aliphatic heterocycles. The monoisotopic (exact) mass is 394 g/mol. The van der Waals surface area contributed by atoms with Crippen molar-refractivity contribution in [2.75, 3.05) is 0 Å². The summed E-state index contributed by atoms with van der Waals surface area (Å²) in [6, 6.07) is 7.47. The highest BCUT2D eigenvalue weighted by molar-refractivity contribution is 5.79. The quantitative estimate of drug-likeness (QED) is 0.857. The molecule has 0 saturated heterocycles. The molecule has 2 aliphatic rings. The smallest absolute Gasteiger partial charge is 0.267 e. The van der Waals surface area contributed by atoms with E-state index in [9.17, 15) is 9.59 Å². The van der Waals surface area contributed by atoms with E-state index in [1.54, 1.807) is 29.2 Å². The van der Waals surface area contributed by atoms with E-state index in [0.717, 1.165) is 68.5 Å². The van der Waals surface area contributed by atoms with Gasteiger partial charge in [-0.15, -0.1) is 0 Å². The predicted octanol–water partition coefficient (Wildman–Crippen LogP) is 3.73. The lowest BCUT2D eigenvalue weighted by atomic mass is 9.82. The molecule has 1 N–H and O–H groups in total. The topological polar surface area (TPSA) is 76.9 Å². The van der Waals surface area contributed by atoms with E-state index in [2.05, 4.69) is 22.3 Å². The minimum Gasteiger partial charge on any atom is -0.353 e. The maximum Gasteiger partial charge on any atom is 0.267 e. The van der Waals surface area contributed by atoms with E-state index in [4.69, 9.17) is 0 Å². The van der Waals surface area contributed by atoms with Crippen molar-refractivity contribution in [2.24, 2.45) is 11.8 Å². The number of carbonyl (C=O) groups excluding carboxylic acids is 1. The Morgan fingerprint density at radius 1 is 0.966 bits per heavy atom. The fourth-order valence-corrected chi connectivity index (χ4v) is 4.67. The average Bonchev–Trinajstić information content (AvgIpc) is 2.76. The lowest BCUT2D eigenvalue weighted by Crippen LogP contribution is -2.42. The van der Waals surface area contributed by atoms with Crippen LogP contribution in [0.25, 0.3) is 11.3 Å². The fraction of sp³-hybridized carbons (Fsp3) is 0.565. The van der Waals surface area contributed by atoms with Crippen molar-refractivity contribution in [3.63, 3.8) is 0 Å². The Bertz CT molecular complexity index is 879. The van der Waals surface area contributed by atoms with Crippen LogP contribution in [-0.2, 0) is 4.79 Å². The van der Waals surface area contributed by atoms with Gasteiger partial charge in [0.25, 0.3) is 5.56 Å². The third kappa shape index (κ3) is 4.74. The molecule has 2 heterocycles. The SMILES string of the molecule is CC1CCC(C(=O)NC2CCC(n3nc(-c4ccncc4)ccc3=O)CC2)CC1. The minimum atomic E-state index is -0.0633. The zero-order valence-corrected chi connectivity index (χ0v) is 17.1. The minimum absolute atomic E-state index is 0.0633. The van der Waals surface area contributed by atoms with E-state index in [1.165, 1.54) is 0 Å². The molecule has 2 aromatic heterocycles. The molecule has 0 spiro atoms. The zero-order chi connectivity index (χ0) is 20.2. The van der Waals surface area contributed by atoms with Gasteiger partial charge in [-0.25, -0.2) is 4.68 Å². The molecule has 6 heteroatoms. The Labute approximate surface area is 171 Å². The first-order chi connectivity index (χ1) is 14.1. The summed E-state index contributed by atoms with van der Waals surface area (Å²) < 4.78 is 1.64. The first kappa shape index (κ1) is 19.8. The summed E-state index contributed by atoms with van der Waals surface area (Å²) in [6.07, 6.45) is 11.3. The highest BCUT2D eigenvalue weighted by atomic mass is 16.2. The normalized spacial score (nSPS) is 27.3. The van der Waals surface area contributed by atoms with Gasteiger partial charge in [-0.2, -0.15) is 5.10 Å². The van der Waals surface area contributed by atoms with Crippen LogP contribution in [0.4, 0.5) is 0 Å². The zero-order valence-electron chi connectivity index (χ0n) is 17.1. The fourth-order valence-electron chi connectivity index (χ4n) is 4.67. The van der Waals surface area contributed by atoms with Crippen molar-refractivity contribution in [3.8, 4) is 11.3 Å². The van der Waals surface area contributed by atoms with E-state index in [-0.39, 0.29) is 29.5 Å². The third-order valence-corrected chi connectivity index (χ3v) is 6.58. The second kappa shape index (κ2) is 8.89. The molecule has 154 valence electrons. The lowest BCUT2D eigenvalue weighted by molar-refractivity contribution is -0.127. The number of amides is 1. The van der Waals surface area contributed by atoms with Gasteiger partial charge in [0.1, 0.15) is 0 Å². The van der Waals surface area contributed by atoms with Crippen LogP contribution in [0.2, 0.25) is 0 Å². The summed E-state index contributed by atoms with van der Waals surface area (Å²) in [4.78, 5) is 29.0. The van der Waals surface area contributed by atoms with Crippen molar-refractivity contribution in [2.45, 2.75) is 70.4 Å². The second-order valence-corrected chi connectivity index (χ2v) is 8.71. The van der Waals surface area contributed by atoms with Crippen molar-refractivity contribution in [1.82, 2.24) is 20.1 Å². The second-order valence-electron chi connectivity index (χ2n) is 8.71. The molecule has 2 fully saturated rings. The third-order valence-electron chi connectivity index (χ3n) is 6.58. The van der Waals surface area contributed by atoms with E-state index in [0.29, 0.717) is 0 Å². The van der Waals surface area contributed by atoms with Crippen LogP contribution in [0.1, 0.15) is 64.3 Å². The van der Waals surface area contributed by atoms with Gasteiger partial charge >= 0.3 is 0 Å². The van der Waals surface area contributed by atoms with Gasteiger partial charge in [0.15, 0.2) is 0 Å². The number of pyridine rings is 1. The Balaban J connectivity index is 1.36. The number of carbonyl (C=O) groups is 1. The predicted molar refractivity (Wildman–Crippen MR) is 112 cm³/mol. The van der Waals surface area contributed by atoms with Gasteiger partial charge < -0.3 is 5.32 Å². The average molecular weight is 395 g/mol. The Morgan fingerprint density at radius 2 is 1.66 bits per heavy atom. The molecule has 0 atom stereocenters. The van der Waals surface area contributed by atoms with Gasteiger partial charge in [0.05, 0.1) is 11.7 Å². The summed E-state index contributed by atoms with van der Waals surface area (Å²) in [5.74, 6) is 1.17. The molecule has 0 unspecified atom stereocenters. The Kier molecular flexibility index (Phi) is 6.07. The van der Waals surface area contributed by atoms with E-state index in [1.807, 2.05) is 12.1 Å². The maximum absolute atomic E-state index is 12.6. The van der Waals surface area contributed by atoms with Crippen LogP contribution in [0, 0.1) is 11.8 Å². The molecule has 4 rings (SSSR count). The molecule has 0 bridgehead atoms. The van der Waals surface area contributed by atoms with Crippen molar-refractivity contribution < 1.29 is 4.79 Å². The molecular weight excluding hydrogens is 364 g/mol. The Morgan fingerprint density at radius 3 is 2.34 bits per heavy atom. The van der Waals surface area contributed by atoms with Gasteiger partial charge in [-0.05, 0) is 75.5 Å². The van der Waals surface area contributed by atoms with E-state index < -0.39 is 0 Å². The molecule has 2 saturated carbocycles. The summed E-state index contributed by atoms with van der Waals surface area (Å²) in [5.41, 5.74) is 1.68. The molecule has 0 aromatic carbocycles. The molecule has 6 nitrogen and oxygen atoms in total. The number of hydrogen-bond donors (Lipinski definition) is 1. The van der Waals surface area contributed by atoms with Crippen LogP contribution in [0.5, 0.6) is 0 Å². The number of aromatic nitrogens is 3. The number of nitrogens with one attached hydrogen (secondary N) is 1. The van der Waals surface area contributed by atoms with Gasteiger partial charge in [0.2, 0.25) is 5.91 Å². The van der Waals surface area contributed by atoms with Crippen LogP contribution >= 0.6 is 0 Å². The standard InChI is InChI=1S/C23H30N4O2/c1-16-2-4-18(5-3-16)23(29)25-19-6-8-20(9-7-19)27-22(28)11-10-21(26-27)17-12-14-24-15-13-17/h10-16,18-20H,2-9H2,1H3,(H,25,29). The summed E-state index contributed by atoms with van der Waals surface area (Å²) >= 11 is 0. The highest BCUT2D eigenvalue weighted by Crippen LogP contribution is 2.30. The molecule has 2 aliphatic carbocycles. The summed E-state index contributed by atoms with van der Waals surface area (Å²) in [6.45, 7) is 2.27. The molecular formula is C23H30N4O2. The summed E-state index contributed by atoms with van der Waals surface area (Å²) in [5, 5.41) is 7.90. The van der Waals surface area contributed by atoms with Crippen LogP contribution in [-0.4, -0.2) is 26.7 Å². The number of nitrogens with zero attached hydrogens (tertiary/aromatic N) is 3. The van der Waals surface area contributed by atoms with Gasteiger partial charge in [-0.3, -0.25) is 14.6 Å². The maximum atomic E-state index is 12.6. The van der Waals surface area contributed by atoms with Crippen molar-refractivity contribution >= 4 is 5.91 Å². The van der Waals surface area contributed by atoms with Gasteiger partial charge in [-0.1, -0.05) is 6.92 Å². The highest BCUT2D eigenvalue weighted by Gasteiger charge is 2.29. The summed E-state index contributed by atoms with van der Waals surface area (Å²) in [7, 11) is 0. The molecule has 2 aromatic rings.